The molecule has 0 heterocycles. The SMILES string of the molecule is O=C(O)C[C@H](NC(=O)C(F)(F)F)C1CCCCC1. The van der Waals surface area contributed by atoms with Gasteiger partial charge in [-0.05, 0) is 18.8 Å². The molecule has 0 aromatic carbocycles. The predicted octanol–water partition coefficient (Wildman–Crippen LogP) is 2.09. The Morgan fingerprint density at radius 1 is 1.22 bits per heavy atom. The molecular weight excluding hydrogens is 251 g/mol. The molecule has 2 N–H and O–H groups in total. The van der Waals surface area contributed by atoms with E-state index in [1.165, 1.54) is 0 Å². The van der Waals surface area contributed by atoms with E-state index in [-0.39, 0.29) is 5.92 Å². The van der Waals surface area contributed by atoms with Crippen LogP contribution in [0, 0.1) is 5.92 Å². The number of carbonyl (C=O) groups excluding carboxylic acids is 1. The van der Waals surface area contributed by atoms with Gasteiger partial charge in [0, 0.05) is 6.04 Å². The third kappa shape index (κ3) is 4.54. The van der Waals surface area contributed by atoms with Gasteiger partial charge in [0.1, 0.15) is 0 Å². The summed E-state index contributed by atoms with van der Waals surface area (Å²) in [5.41, 5.74) is 0. The average Bonchev–Trinajstić information content (AvgIpc) is 2.27. The molecule has 0 spiro atoms. The third-order valence-corrected chi connectivity index (χ3v) is 3.19. The van der Waals surface area contributed by atoms with Gasteiger partial charge in [0.25, 0.3) is 0 Å². The molecule has 0 aliphatic heterocycles. The van der Waals surface area contributed by atoms with Crippen LogP contribution in [0.3, 0.4) is 0 Å². The van der Waals surface area contributed by atoms with Gasteiger partial charge in [-0.2, -0.15) is 13.2 Å². The summed E-state index contributed by atoms with van der Waals surface area (Å²) in [4.78, 5) is 21.5. The lowest BCUT2D eigenvalue weighted by Gasteiger charge is -2.30. The van der Waals surface area contributed by atoms with E-state index in [0.29, 0.717) is 12.8 Å². The Labute approximate surface area is 103 Å². The van der Waals surface area contributed by atoms with E-state index in [2.05, 4.69) is 0 Å². The number of carboxylic acids is 1. The molecule has 0 saturated heterocycles. The number of amides is 1. The van der Waals surface area contributed by atoms with Gasteiger partial charge in [-0.3, -0.25) is 9.59 Å². The van der Waals surface area contributed by atoms with Crippen LogP contribution in [-0.4, -0.2) is 29.2 Å². The van der Waals surface area contributed by atoms with Crippen LogP contribution in [-0.2, 0) is 9.59 Å². The molecule has 1 amide bonds. The van der Waals surface area contributed by atoms with Gasteiger partial charge < -0.3 is 10.4 Å². The molecule has 104 valence electrons. The van der Waals surface area contributed by atoms with Gasteiger partial charge in [-0.25, -0.2) is 0 Å². The summed E-state index contributed by atoms with van der Waals surface area (Å²) in [5, 5.41) is 10.5. The predicted molar refractivity (Wildman–Crippen MR) is 56.8 cm³/mol. The van der Waals surface area contributed by atoms with Crippen LogP contribution in [0.4, 0.5) is 13.2 Å². The molecule has 0 aromatic heterocycles. The number of rotatable bonds is 4. The molecule has 1 fully saturated rings. The van der Waals surface area contributed by atoms with Gasteiger partial charge in [-0.1, -0.05) is 19.3 Å². The first-order chi connectivity index (χ1) is 8.30. The van der Waals surface area contributed by atoms with Crippen molar-refractivity contribution in [3.63, 3.8) is 0 Å². The van der Waals surface area contributed by atoms with E-state index < -0.39 is 30.5 Å². The van der Waals surface area contributed by atoms with Crippen molar-refractivity contribution in [3.8, 4) is 0 Å². The van der Waals surface area contributed by atoms with E-state index in [1.54, 1.807) is 0 Å². The Bertz CT molecular complexity index is 311. The van der Waals surface area contributed by atoms with Crippen LogP contribution in [0.1, 0.15) is 38.5 Å². The summed E-state index contributed by atoms with van der Waals surface area (Å²) in [6.07, 6.45) is -1.38. The Hall–Kier alpha value is -1.27. The Morgan fingerprint density at radius 2 is 1.78 bits per heavy atom. The zero-order chi connectivity index (χ0) is 13.8. The molecule has 18 heavy (non-hydrogen) atoms. The minimum absolute atomic E-state index is 0.179. The van der Waals surface area contributed by atoms with Gasteiger partial charge in [0.2, 0.25) is 0 Å². The largest absolute Gasteiger partial charge is 0.481 e. The van der Waals surface area contributed by atoms with E-state index in [9.17, 15) is 22.8 Å². The lowest BCUT2D eigenvalue weighted by Crippen LogP contribution is -2.47. The van der Waals surface area contributed by atoms with Crippen LogP contribution in [0.2, 0.25) is 0 Å². The highest BCUT2D eigenvalue weighted by Gasteiger charge is 2.41. The molecule has 1 aliphatic rings. The Kier molecular flexibility index (Phi) is 4.98. The fraction of sp³-hybridized carbons (Fsp3) is 0.818. The summed E-state index contributed by atoms with van der Waals surface area (Å²) in [6, 6.07) is -0.933. The maximum atomic E-state index is 12.2. The van der Waals surface area contributed by atoms with Crippen molar-refractivity contribution in [2.24, 2.45) is 5.92 Å². The number of aliphatic carboxylic acids is 1. The molecule has 0 aromatic rings. The van der Waals surface area contributed by atoms with Crippen LogP contribution < -0.4 is 5.32 Å². The van der Waals surface area contributed by atoms with Gasteiger partial charge in [0.05, 0.1) is 6.42 Å². The number of nitrogens with one attached hydrogen (secondary N) is 1. The summed E-state index contributed by atoms with van der Waals surface area (Å²) in [5.74, 6) is -3.44. The molecule has 4 nitrogen and oxygen atoms in total. The first kappa shape index (κ1) is 14.8. The first-order valence-corrected chi connectivity index (χ1v) is 5.90. The molecule has 0 bridgehead atoms. The number of hydrogen-bond donors (Lipinski definition) is 2. The van der Waals surface area contributed by atoms with Crippen molar-refractivity contribution >= 4 is 11.9 Å². The molecule has 0 radical (unpaired) electrons. The zero-order valence-electron chi connectivity index (χ0n) is 9.79. The number of hydrogen-bond acceptors (Lipinski definition) is 2. The van der Waals surface area contributed by atoms with Crippen molar-refractivity contribution in [3.05, 3.63) is 0 Å². The lowest BCUT2D eigenvalue weighted by molar-refractivity contribution is -0.175. The van der Waals surface area contributed by atoms with Gasteiger partial charge >= 0.3 is 18.1 Å². The van der Waals surface area contributed by atoms with Crippen LogP contribution in [0.15, 0.2) is 0 Å². The maximum Gasteiger partial charge on any atom is 0.471 e. The van der Waals surface area contributed by atoms with Crippen molar-refractivity contribution in [1.82, 2.24) is 5.32 Å². The average molecular weight is 267 g/mol. The van der Waals surface area contributed by atoms with Crippen molar-refractivity contribution < 1.29 is 27.9 Å². The number of carbonyl (C=O) groups is 2. The lowest BCUT2D eigenvalue weighted by atomic mass is 9.82. The maximum absolute atomic E-state index is 12.2. The number of alkyl halides is 3. The van der Waals surface area contributed by atoms with E-state index in [1.807, 2.05) is 5.32 Å². The number of halogens is 3. The molecular formula is C11H16F3NO3. The Morgan fingerprint density at radius 3 is 2.22 bits per heavy atom. The Balaban J connectivity index is 2.65. The van der Waals surface area contributed by atoms with Crippen molar-refractivity contribution in [1.29, 1.82) is 0 Å². The standard InChI is InChI=1S/C11H16F3NO3/c12-11(13,14)10(18)15-8(6-9(16)17)7-4-2-1-3-5-7/h7-8H,1-6H2,(H,15,18)(H,16,17)/t8-/m0/s1. The van der Waals surface area contributed by atoms with Gasteiger partial charge in [0.15, 0.2) is 0 Å². The smallest absolute Gasteiger partial charge is 0.471 e. The number of carboxylic acid groups (broad SMARTS) is 1. The second-order valence-electron chi connectivity index (χ2n) is 4.57. The highest BCUT2D eigenvalue weighted by molar-refractivity contribution is 5.82. The van der Waals surface area contributed by atoms with Gasteiger partial charge in [-0.15, -0.1) is 0 Å². The molecule has 1 saturated carbocycles. The normalized spacial score (nSPS) is 19.3. The monoisotopic (exact) mass is 267 g/mol. The zero-order valence-corrected chi connectivity index (χ0v) is 9.79. The third-order valence-electron chi connectivity index (χ3n) is 3.19. The minimum atomic E-state index is -4.97. The molecule has 1 aliphatic carbocycles. The second kappa shape index (κ2) is 6.06. The van der Waals surface area contributed by atoms with E-state index >= 15 is 0 Å². The summed E-state index contributed by atoms with van der Waals surface area (Å²) >= 11 is 0. The summed E-state index contributed by atoms with van der Waals surface area (Å²) in [7, 11) is 0. The second-order valence-corrected chi connectivity index (χ2v) is 4.57. The van der Waals surface area contributed by atoms with Crippen LogP contribution in [0.5, 0.6) is 0 Å². The topological polar surface area (TPSA) is 66.4 Å². The summed E-state index contributed by atoms with van der Waals surface area (Å²) < 4.78 is 36.5. The van der Waals surface area contributed by atoms with Crippen LogP contribution in [0.25, 0.3) is 0 Å². The molecule has 7 heteroatoms. The fourth-order valence-corrected chi connectivity index (χ4v) is 2.31. The molecule has 0 unspecified atom stereocenters. The minimum Gasteiger partial charge on any atom is -0.481 e. The van der Waals surface area contributed by atoms with E-state index in [0.717, 1.165) is 19.3 Å². The van der Waals surface area contributed by atoms with Crippen molar-refractivity contribution in [2.75, 3.05) is 0 Å². The quantitative estimate of drug-likeness (QED) is 0.819. The van der Waals surface area contributed by atoms with Crippen LogP contribution >= 0.6 is 0 Å². The van der Waals surface area contributed by atoms with E-state index in [4.69, 9.17) is 5.11 Å². The molecule has 1 atom stereocenters. The highest BCUT2D eigenvalue weighted by atomic mass is 19.4. The van der Waals surface area contributed by atoms with Crippen molar-refractivity contribution in [2.45, 2.75) is 50.7 Å². The highest BCUT2D eigenvalue weighted by Crippen LogP contribution is 2.28. The first-order valence-electron chi connectivity index (χ1n) is 5.90. The molecule has 1 rings (SSSR count). The summed E-state index contributed by atoms with van der Waals surface area (Å²) in [6.45, 7) is 0. The fourth-order valence-electron chi connectivity index (χ4n) is 2.31.